The number of thioether (sulfide) groups is 1. The molecule has 2 heterocycles. The van der Waals surface area contributed by atoms with E-state index < -0.39 is 5.97 Å². The molecule has 0 bridgehead atoms. The standard InChI is InChI=1S/C11H18N2O3S/c1-6(10(14)15)3-2-4-8-9-7(5-17-8)12-11(16)13-9/h6-9H,2-5H2,1H3,(H,14,15)(H2,12,13,16)/t6-,7+,8+,9-/m0/s1. The Morgan fingerprint density at radius 2 is 2.35 bits per heavy atom. The van der Waals surface area contributed by atoms with Crippen LogP contribution in [0.25, 0.3) is 0 Å². The molecular formula is C11H18N2O3S. The lowest BCUT2D eigenvalue weighted by atomic mass is 9.99. The minimum Gasteiger partial charge on any atom is -0.481 e. The fraction of sp³-hybridized carbons (Fsp3) is 0.818. The Labute approximate surface area is 105 Å². The number of hydrogen-bond donors (Lipinski definition) is 3. The molecule has 6 heteroatoms. The molecule has 2 fully saturated rings. The van der Waals surface area contributed by atoms with Gasteiger partial charge in [0.25, 0.3) is 0 Å². The third-order valence-electron chi connectivity index (χ3n) is 3.49. The second kappa shape index (κ2) is 5.16. The predicted molar refractivity (Wildman–Crippen MR) is 66.1 cm³/mol. The minimum atomic E-state index is -0.724. The second-order valence-electron chi connectivity index (χ2n) is 4.79. The van der Waals surface area contributed by atoms with Gasteiger partial charge in [-0.15, -0.1) is 0 Å². The highest BCUT2D eigenvalue weighted by molar-refractivity contribution is 8.00. The number of rotatable bonds is 5. The fourth-order valence-corrected chi connectivity index (χ4v) is 3.94. The van der Waals surface area contributed by atoms with Crippen molar-refractivity contribution < 1.29 is 14.7 Å². The molecule has 0 unspecified atom stereocenters. The molecule has 0 radical (unpaired) electrons. The van der Waals surface area contributed by atoms with Crippen LogP contribution in [-0.2, 0) is 4.79 Å². The first kappa shape index (κ1) is 12.5. The average molecular weight is 258 g/mol. The zero-order chi connectivity index (χ0) is 12.4. The zero-order valence-electron chi connectivity index (χ0n) is 9.81. The lowest BCUT2D eigenvalue weighted by molar-refractivity contribution is -0.141. The summed E-state index contributed by atoms with van der Waals surface area (Å²) in [6.07, 6.45) is 2.60. The van der Waals surface area contributed by atoms with Gasteiger partial charge in [-0.2, -0.15) is 11.8 Å². The Morgan fingerprint density at radius 3 is 3.06 bits per heavy atom. The number of hydrogen-bond acceptors (Lipinski definition) is 3. The summed E-state index contributed by atoms with van der Waals surface area (Å²) in [6, 6.07) is 0.422. The largest absolute Gasteiger partial charge is 0.481 e. The summed E-state index contributed by atoms with van der Waals surface area (Å²) in [7, 11) is 0. The molecule has 0 aliphatic carbocycles. The van der Waals surface area contributed by atoms with E-state index in [-0.39, 0.29) is 24.0 Å². The number of nitrogens with one attached hydrogen (secondary N) is 2. The molecule has 0 spiro atoms. The molecule has 2 saturated heterocycles. The summed E-state index contributed by atoms with van der Waals surface area (Å²) < 4.78 is 0. The quantitative estimate of drug-likeness (QED) is 0.644. The minimum absolute atomic E-state index is 0.0656. The molecule has 2 aliphatic heterocycles. The van der Waals surface area contributed by atoms with Crippen LogP contribution in [0.3, 0.4) is 0 Å². The number of carbonyl (C=O) groups excluding carboxylic acids is 1. The predicted octanol–water partition coefficient (Wildman–Crippen LogP) is 1.04. The van der Waals surface area contributed by atoms with E-state index in [9.17, 15) is 9.59 Å². The molecule has 5 nitrogen and oxygen atoms in total. The molecule has 3 N–H and O–H groups in total. The SMILES string of the molecule is C[C@@H](CCC[C@H]1SC[C@H]2NC(=O)N[C@@H]21)C(=O)O. The van der Waals surface area contributed by atoms with Gasteiger partial charge < -0.3 is 15.7 Å². The molecular weight excluding hydrogens is 240 g/mol. The second-order valence-corrected chi connectivity index (χ2v) is 6.06. The Morgan fingerprint density at radius 1 is 1.59 bits per heavy atom. The van der Waals surface area contributed by atoms with Crippen LogP contribution in [0.15, 0.2) is 0 Å². The van der Waals surface area contributed by atoms with Crippen LogP contribution in [0.4, 0.5) is 4.79 Å². The average Bonchev–Trinajstić information content (AvgIpc) is 2.78. The van der Waals surface area contributed by atoms with Gasteiger partial charge in [0.05, 0.1) is 18.0 Å². The van der Waals surface area contributed by atoms with E-state index in [1.807, 2.05) is 11.8 Å². The topological polar surface area (TPSA) is 78.4 Å². The lowest BCUT2D eigenvalue weighted by Crippen LogP contribution is -2.36. The smallest absolute Gasteiger partial charge is 0.315 e. The van der Waals surface area contributed by atoms with Crippen LogP contribution < -0.4 is 10.6 Å². The van der Waals surface area contributed by atoms with Gasteiger partial charge in [-0.1, -0.05) is 13.3 Å². The maximum Gasteiger partial charge on any atom is 0.315 e. The Balaban J connectivity index is 1.73. The van der Waals surface area contributed by atoms with Gasteiger partial charge in [0.15, 0.2) is 0 Å². The number of urea groups is 1. The fourth-order valence-electron chi connectivity index (χ4n) is 2.39. The van der Waals surface area contributed by atoms with Crippen LogP contribution in [0.2, 0.25) is 0 Å². The van der Waals surface area contributed by atoms with Crippen molar-refractivity contribution in [2.45, 2.75) is 43.5 Å². The Hall–Kier alpha value is -0.910. The van der Waals surface area contributed by atoms with E-state index in [0.717, 1.165) is 18.6 Å². The van der Waals surface area contributed by atoms with Gasteiger partial charge in [0.1, 0.15) is 0 Å². The normalized spacial score (nSPS) is 32.8. The molecule has 2 aliphatic rings. The van der Waals surface area contributed by atoms with Crippen molar-refractivity contribution in [1.82, 2.24) is 10.6 Å². The molecule has 96 valence electrons. The van der Waals surface area contributed by atoms with Crippen LogP contribution >= 0.6 is 11.8 Å². The van der Waals surface area contributed by atoms with Gasteiger partial charge >= 0.3 is 12.0 Å². The molecule has 0 aromatic carbocycles. The number of carbonyl (C=O) groups is 2. The highest BCUT2D eigenvalue weighted by Crippen LogP contribution is 2.33. The molecule has 0 saturated carbocycles. The molecule has 2 rings (SSSR count). The number of carboxylic acids is 1. The van der Waals surface area contributed by atoms with Crippen molar-refractivity contribution in [1.29, 1.82) is 0 Å². The number of aliphatic carboxylic acids is 1. The molecule has 0 aromatic rings. The monoisotopic (exact) mass is 258 g/mol. The number of amides is 2. The van der Waals surface area contributed by atoms with Gasteiger partial charge in [0, 0.05) is 11.0 Å². The Bertz CT molecular complexity index is 324. The van der Waals surface area contributed by atoms with Crippen molar-refractivity contribution in [3.8, 4) is 0 Å². The van der Waals surface area contributed by atoms with E-state index in [1.54, 1.807) is 6.92 Å². The zero-order valence-corrected chi connectivity index (χ0v) is 10.6. The molecule has 4 atom stereocenters. The van der Waals surface area contributed by atoms with Crippen molar-refractivity contribution >= 4 is 23.8 Å². The molecule has 17 heavy (non-hydrogen) atoms. The third kappa shape index (κ3) is 2.86. The maximum atomic E-state index is 11.2. The highest BCUT2D eigenvalue weighted by Gasteiger charge is 2.42. The first-order valence-corrected chi connectivity index (χ1v) is 7.04. The summed E-state index contributed by atoms with van der Waals surface area (Å²) in [5.41, 5.74) is 0. The first-order chi connectivity index (χ1) is 8.08. The van der Waals surface area contributed by atoms with Gasteiger partial charge in [0.2, 0.25) is 0 Å². The highest BCUT2D eigenvalue weighted by atomic mass is 32.2. The lowest BCUT2D eigenvalue weighted by Gasteiger charge is -2.17. The van der Waals surface area contributed by atoms with E-state index in [0.29, 0.717) is 11.7 Å². The number of fused-ring (bicyclic) bond motifs is 1. The maximum absolute atomic E-state index is 11.2. The van der Waals surface area contributed by atoms with E-state index >= 15 is 0 Å². The van der Waals surface area contributed by atoms with Crippen LogP contribution in [-0.4, -0.2) is 40.2 Å². The van der Waals surface area contributed by atoms with E-state index in [4.69, 9.17) is 5.11 Å². The third-order valence-corrected chi connectivity index (χ3v) is 4.99. The van der Waals surface area contributed by atoms with E-state index in [1.165, 1.54) is 0 Å². The molecule has 0 aromatic heterocycles. The van der Waals surface area contributed by atoms with Gasteiger partial charge in [-0.25, -0.2) is 4.79 Å². The first-order valence-electron chi connectivity index (χ1n) is 5.99. The van der Waals surface area contributed by atoms with Gasteiger partial charge in [-0.3, -0.25) is 4.79 Å². The number of carboxylic acid groups (broad SMARTS) is 1. The van der Waals surface area contributed by atoms with Crippen LogP contribution in [0.1, 0.15) is 26.2 Å². The van der Waals surface area contributed by atoms with Crippen molar-refractivity contribution in [3.63, 3.8) is 0 Å². The van der Waals surface area contributed by atoms with Crippen molar-refractivity contribution in [3.05, 3.63) is 0 Å². The van der Waals surface area contributed by atoms with Gasteiger partial charge in [-0.05, 0) is 12.8 Å². The van der Waals surface area contributed by atoms with Crippen molar-refractivity contribution in [2.75, 3.05) is 5.75 Å². The summed E-state index contributed by atoms with van der Waals surface area (Å²) in [5.74, 6) is -0.0333. The Kier molecular flexibility index (Phi) is 3.81. The van der Waals surface area contributed by atoms with E-state index in [2.05, 4.69) is 10.6 Å². The molecule has 2 amide bonds. The summed E-state index contributed by atoms with van der Waals surface area (Å²) in [4.78, 5) is 21.8. The van der Waals surface area contributed by atoms with Crippen molar-refractivity contribution in [2.24, 2.45) is 5.92 Å². The van der Waals surface area contributed by atoms with Crippen LogP contribution in [0.5, 0.6) is 0 Å². The summed E-state index contributed by atoms with van der Waals surface area (Å²) in [5, 5.41) is 15.1. The summed E-state index contributed by atoms with van der Waals surface area (Å²) >= 11 is 1.87. The van der Waals surface area contributed by atoms with Crippen LogP contribution in [0, 0.1) is 5.92 Å². The summed E-state index contributed by atoms with van der Waals surface area (Å²) in [6.45, 7) is 1.74.